The first-order valence-corrected chi connectivity index (χ1v) is 8.38. The van der Waals surface area contributed by atoms with E-state index >= 15 is 0 Å². The third-order valence-corrected chi connectivity index (χ3v) is 4.82. The molecule has 1 saturated carbocycles. The molecular weight excluding hydrogens is 300 g/mol. The Kier molecular flexibility index (Phi) is 3.49. The number of nitrogens with one attached hydrogen (secondary N) is 1. The third kappa shape index (κ3) is 2.68. The van der Waals surface area contributed by atoms with Gasteiger partial charge in [0.15, 0.2) is 5.16 Å². The molecule has 4 rings (SSSR count). The number of cyclic esters (lactones) is 1. The molecule has 0 spiro atoms. The average molecular weight is 316 g/mol. The lowest BCUT2D eigenvalue weighted by atomic mass is 10.3. The van der Waals surface area contributed by atoms with Crippen LogP contribution in [0.3, 0.4) is 0 Å². The van der Waals surface area contributed by atoms with Crippen LogP contribution in [0.15, 0.2) is 35.5 Å². The first-order chi connectivity index (χ1) is 10.8. The Hall–Kier alpha value is -2.02. The van der Waals surface area contributed by atoms with Crippen molar-refractivity contribution in [1.82, 2.24) is 20.1 Å². The van der Waals surface area contributed by atoms with Crippen molar-refractivity contribution in [2.24, 2.45) is 0 Å². The van der Waals surface area contributed by atoms with Gasteiger partial charge in [-0.3, -0.25) is 4.57 Å². The predicted molar refractivity (Wildman–Crippen MR) is 82.3 cm³/mol. The van der Waals surface area contributed by atoms with E-state index in [0.717, 1.165) is 16.7 Å². The summed E-state index contributed by atoms with van der Waals surface area (Å²) in [6.07, 6.45) is 1.91. The molecule has 0 radical (unpaired) electrons. The van der Waals surface area contributed by atoms with Crippen molar-refractivity contribution in [3.63, 3.8) is 0 Å². The van der Waals surface area contributed by atoms with Crippen LogP contribution in [0, 0.1) is 0 Å². The molecule has 114 valence electrons. The van der Waals surface area contributed by atoms with Gasteiger partial charge in [-0.05, 0) is 25.0 Å². The molecule has 1 amide bonds. The van der Waals surface area contributed by atoms with Crippen molar-refractivity contribution < 1.29 is 9.53 Å². The molecule has 1 saturated heterocycles. The number of alkyl carbamates (subject to hydrolysis) is 1. The number of rotatable bonds is 5. The van der Waals surface area contributed by atoms with Crippen LogP contribution in [0.5, 0.6) is 0 Å². The number of para-hydroxylation sites is 1. The molecule has 6 nitrogen and oxygen atoms in total. The summed E-state index contributed by atoms with van der Waals surface area (Å²) in [7, 11) is 0. The Morgan fingerprint density at radius 2 is 2.09 bits per heavy atom. The second-order valence-electron chi connectivity index (χ2n) is 5.51. The molecule has 2 aliphatic rings. The predicted octanol–water partition coefficient (Wildman–Crippen LogP) is 2.35. The lowest BCUT2D eigenvalue weighted by molar-refractivity contribution is 0.150. The number of hydrogen-bond donors (Lipinski definition) is 1. The number of thioether (sulfide) groups is 1. The van der Waals surface area contributed by atoms with Gasteiger partial charge in [0, 0.05) is 17.4 Å². The van der Waals surface area contributed by atoms with E-state index in [1.807, 2.05) is 18.2 Å². The number of aromatic nitrogens is 3. The van der Waals surface area contributed by atoms with Gasteiger partial charge >= 0.3 is 6.09 Å². The summed E-state index contributed by atoms with van der Waals surface area (Å²) in [5, 5.41) is 12.3. The minimum absolute atomic E-state index is 0.109. The molecular formula is C15H16N4O2S. The number of amides is 1. The van der Waals surface area contributed by atoms with Crippen molar-refractivity contribution in [2.75, 3.05) is 12.3 Å². The largest absolute Gasteiger partial charge is 0.443 e. The van der Waals surface area contributed by atoms with Crippen LogP contribution >= 0.6 is 11.8 Å². The van der Waals surface area contributed by atoms with E-state index in [0.29, 0.717) is 18.2 Å². The lowest BCUT2D eigenvalue weighted by Crippen LogP contribution is -2.17. The molecule has 1 aromatic heterocycles. The van der Waals surface area contributed by atoms with Crippen molar-refractivity contribution in [2.45, 2.75) is 30.0 Å². The number of benzene rings is 1. The molecule has 0 unspecified atom stereocenters. The summed E-state index contributed by atoms with van der Waals surface area (Å²) < 4.78 is 7.30. The topological polar surface area (TPSA) is 69.0 Å². The van der Waals surface area contributed by atoms with Crippen LogP contribution in [0.25, 0.3) is 5.69 Å². The number of carbonyl (C=O) groups excluding carboxylic acids is 1. The van der Waals surface area contributed by atoms with Crippen molar-refractivity contribution >= 4 is 17.9 Å². The van der Waals surface area contributed by atoms with Crippen LogP contribution in [-0.4, -0.2) is 39.3 Å². The smallest absolute Gasteiger partial charge is 0.407 e. The Morgan fingerprint density at radius 3 is 2.77 bits per heavy atom. The monoisotopic (exact) mass is 316 g/mol. The summed E-state index contributed by atoms with van der Waals surface area (Å²) in [6.45, 7) is 0.556. The van der Waals surface area contributed by atoms with Gasteiger partial charge in [0.1, 0.15) is 11.9 Å². The molecule has 1 aliphatic heterocycles. The second-order valence-corrected chi connectivity index (χ2v) is 6.49. The zero-order chi connectivity index (χ0) is 14.9. The van der Waals surface area contributed by atoms with Gasteiger partial charge in [-0.1, -0.05) is 30.0 Å². The SMILES string of the molecule is O=C1NC[C@H](CSc2nnc(C3CC3)n2-c2ccccc2)O1. The number of carbonyl (C=O) groups is 1. The third-order valence-electron chi connectivity index (χ3n) is 3.76. The summed E-state index contributed by atoms with van der Waals surface area (Å²) in [6, 6.07) is 10.2. The van der Waals surface area contributed by atoms with Crippen LogP contribution in [-0.2, 0) is 4.74 Å². The first kappa shape index (κ1) is 13.6. The fourth-order valence-corrected chi connectivity index (χ4v) is 3.44. The maximum Gasteiger partial charge on any atom is 0.407 e. The van der Waals surface area contributed by atoms with Crippen molar-refractivity contribution in [3.8, 4) is 5.69 Å². The standard InChI is InChI=1S/C15H16N4O2S/c20-15-16-8-12(21-15)9-22-14-18-17-13(10-6-7-10)19(14)11-4-2-1-3-5-11/h1-5,10,12H,6-9H2,(H,16,20)/t12-/m1/s1. The van der Waals surface area contributed by atoms with Crippen LogP contribution in [0.1, 0.15) is 24.6 Å². The summed E-state index contributed by atoms with van der Waals surface area (Å²) in [5.74, 6) is 2.23. The molecule has 1 atom stereocenters. The highest BCUT2D eigenvalue weighted by Gasteiger charge is 2.31. The highest BCUT2D eigenvalue weighted by Crippen LogP contribution is 2.41. The molecule has 0 bridgehead atoms. The molecule has 7 heteroatoms. The molecule has 2 fully saturated rings. The maximum absolute atomic E-state index is 11.1. The normalized spacial score (nSPS) is 20.7. The van der Waals surface area contributed by atoms with E-state index in [1.54, 1.807) is 11.8 Å². The van der Waals surface area contributed by atoms with E-state index in [4.69, 9.17) is 4.74 Å². The lowest BCUT2D eigenvalue weighted by Gasteiger charge is -2.11. The van der Waals surface area contributed by atoms with Crippen LogP contribution < -0.4 is 5.32 Å². The Morgan fingerprint density at radius 1 is 1.27 bits per heavy atom. The highest BCUT2D eigenvalue weighted by molar-refractivity contribution is 7.99. The Bertz CT molecular complexity index is 684. The molecule has 2 heterocycles. The fraction of sp³-hybridized carbons (Fsp3) is 0.400. The Balaban J connectivity index is 1.58. The number of nitrogens with zero attached hydrogens (tertiary/aromatic N) is 3. The van der Waals surface area contributed by atoms with Crippen molar-refractivity contribution in [3.05, 3.63) is 36.2 Å². The molecule has 22 heavy (non-hydrogen) atoms. The second kappa shape index (κ2) is 5.64. The van der Waals surface area contributed by atoms with E-state index in [2.05, 4.69) is 32.2 Å². The van der Waals surface area contributed by atoms with Crippen molar-refractivity contribution in [1.29, 1.82) is 0 Å². The fourth-order valence-electron chi connectivity index (χ4n) is 2.49. The van der Waals surface area contributed by atoms with Crippen LogP contribution in [0.4, 0.5) is 4.79 Å². The summed E-state index contributed by atoms with van der Waals surface area (Å²) in [4.78, 5) is 11.1. The van der Waals surface area contributed by atoms with Gasteiger partial charge in [-0.15, -0.1) is 10.2 Å². The van der Waals surface area contributed by atoms with Gasteiger partial charge in [-0.2, -0.15) is 0 Å². The number of hydrogen-bond acceptors (Lipinski definition) is 5. The van der Waals surface area contributed by atoms with Crippen LogP contribution in [0.2, 0.25) is 0 Å². The van der Waals surface area contributed by atoms with Gasteiger partial charge in [0.2, 0.25) is 0 Å². The van der Waals surface area contributed by atoms with E-state index in [9.17, 15) is 4.79 Å². The summed E-state index contributed by atoms with van der Waals surface area (Å²) >= 11 is 1.58. The summed E-state index contributed by atoms with van der Waals surface area (Å²) in [5.41, 5.74) is 1.08. The average Bonchev–Trinajstić information content (AvgIpc) is 3.17. The highest BCUT2D eigenvalue weighted by atomic mass is 32.2. The maximum atomic E-state index is 11.1. The molecule has 1 aliphatic carbocycles. The minimum Gasteiger partial charge on any atom is -0.443 e. The zero-order valence-corrected chi connectivity index (χ0v) is 12.8. The Labute approximate surface area is 132 Å². The van der Waals surface area contributed by atoms with Gasteiger partial charge in [0.05, 0.1) is 6.54 Å². The molecule has 1 N–H and O–H groups in total. The zero-order valence-electron chi connectivity index (χ0n) is 11.9. The van der Waals surface area contributed by atoms with E-state index < -0.39 is 0 Å². The number of ether oxygens (including phenoxy) is 1. The van der Waals surface area contributed by atoms with Gasteiger partial charge in [0.25, 0.3) is 0 Å². The molecule has 1 aromatic carbocycles. The van der Waals surface area contributed by atoms with E-state index in [-0.39, 0.29) is 12.2 Å². The quantitative estimate of drug-likeness (QED) is 0.858. The molecule has 2 aromatic rings. The van der Waals surface area contributed by atoms with Gasteiger partial charge in [-0.25, -0.2) is 4.79 Å². The first-order valence-electron chi connectivity index (χ1n) is 7.39. The van der Waals surface area contributed by atoms with E-state index in [1.165, 1.54) is 12.8 Å². The van der Waals surface area contributed by atoms with Gasteiger partial charge < -0.3 is 10.1 Å². The minimum atomic E-state index is -0.339.